The number of amidine groups is 1. The molecule has 0 aromatic heterocycles. The van der Waals surface area contributed by atoms with Crippen LogP contribution in [0.2, 0.25) is 0 Å². The lowest BCUT2D eigenvalue weighted by molar-refractivity contribution is -0.122. The van der Waals surface area contributed by atoms with Gasteiger partial charge in [-0.15, -0.1) is 4.40 Å². The van der Waals surface area contributed by atoms with Crippen LogP contribution in [0.4, 0.5) is 5.69 Å². The van der Waals surface area contributed by atoms with Gasteiger partial charge >= 0.3 is 0 Å². The molecule has 0 unspecified atom stereocenters. The van der Waals surface area contributed by atoms with E-state index in [0.29, 0.717) is 24.5 Å². The first-order valence-corrected chi connectivity index (χ1v) is 12.0. The first-order valence-electron chi connectivity index (χ1n) is 9.69. The number of anilines is 1. The number of methoxy groups -OCH3 is 1. The molecule has 1 fully saturated rings. The van der Waals surface area contributed by atoms with Crippen LogP contribution in [-0.4, -0.2) is 58.7 Å². The highest BCUT2D eigenvalue weighted by Crippen LogP contribution is 2.34. The largest absolute Gasteiger partial charge is 0.385 e. The SMILES string of the molecule is COCCCN1C(=O)/C(=C/c2ccc(N(C)C)cc2)SC1=NS(=O)(=O)c1ccccc1. The molecule has 31 heavy (non-hydrogen) atoms. The maximum absolute atomic E-state index is 13.0. The molecule has 0 radical (unpaired) electrons. The van der Waals surface area contributed by atoms with E-state index in [0.717, 1.165) is 23.0 Å². The minimum Gasteiger partial charge on any atom is -0.385 e. The third kappa shape index (κ3) is 5.75. The monoisotopic (exact) mass is 459 g/mol. The Kier molecular flexibility index (Phi) is 7.53. The summed E-state index contributed by atoms with van der Waals surface area (Å²) >= 11 is 1.07. The lowest BCUT2D eigenvalue weighted by atomic mass is 10.2. The number of sulfonamides is 1. The molecule has 2 aromatic carbocycles. The molecule has 0 N–H and O–H groups in total. The number of hydrogen-bond acceptors (Lipinski definition) is 6. The first-order chi connectivity index (χ1) is 14.8. The molecule has 7 nitrogen and oxygen atoms in total. The van der Waals surface area contributed by atoms with E-state index in [2.05, 4.69) is 4.40 Å². The van der Waals surface area contributed by atoms with Crippen molar-refractivity contribution in [2.45, 2.75) is 11.3 Å². The predicted molar refractivity (Wildman–Crippen MR) is 126 cm³/mol. The summed E-state index contributed by atoms with van der Waals surface area (Å²) in [4.78, 5) is 16.9. The summed E-state index contributed by atoms with van der Waals surface area (Å²) in [6.07, 6.45) is 2.32. The summed E-state index contributed by atoms with van der Waals surface area (Å²) in [5.41, 5.74) is 1.90. The fraction of sp³-hybridized carbons (Fsp3) is 0.273. The van der Waals surface area contributed by atoms with Gasteiger partial charge in [0.1, 0.15) is 0 Å². The Morgan fingerprint density at radius 1 is 1.10 bits per heavy atom. The van der Waals surface area contributed by atoms with Crippen molar-refractivity contribution in [3.8, 4) is 0 Å². The van der Waals surface area contributed by atoms with E-state index >= 15 is 0 Å². The lowest BCUT2D eigenvalue weighted by Crippen LogP contribution is -2.31. The minimum absolute atomic E-state index is 0.0871. The number of rotatable bonds is 8. The molecule has 0 atom stereocenters. The summed E-state index contributed by atoms with van der Waals surface area (Å²) in [5, 5.41) is 0.154. The molecule has 1 aliphatic rings. The van der Waals surface area contributed by atoms with Crippen molar-refractivity contribution in [3.63, 3.8) is 0 Å². The molecule has 9 heteroatoms. The predicted octanol–water partition coefficient (Wildman–Crippen LogP) is 3.45. The van der Waals surface area contributed by atoms with Crippen molar-refractivity contribution in [2.75, 3.05) is 39.3 Å². The van der Waals surface area contributed by atoms with Gasteiger partial charge < -0.3 is 9.64 Å². The number of carbonyl (C=O) groups is 1. The van der Waals surface area contributed by atoms with E-state index in [4.69, 9.17) is 4.74 Å². The smallest absolute Gasteiger partial charge is 0.284 e. The maximum Gasteiger partial charge on any atom is 0.284 e. The van der Waals surface area contributed by atoms with Crippen LogP contribution in [0.1, 0.15) is 12.0 Å². The van der Waals surface area contributed by atoms with Gasteiger partial charge in [-0.2, -0.15) is 8.42 Å². The van der Waals surface area contributed by atoms with Gasteiger partial charge in [0.25, 0.3) is 15.9 Å². The Balaban J connectivity index is 1.93. The quantitative estimate of drug-likeness (QED) is 0.444. The molecule has 0 aliphatic carbocycles. The van der Waals surface area contributed by atoms with Gasteiger partial charge in [-0.1, -0.05) is 30.3 Å². The van der Waals surface area contributed by atoms with Crippen LogP contribution in [0.3, 0.4) is 0 Å². The highest BCUT2D eigenvalue weighted by atomic mass is 32.2. The van der Waals surface area contributed by atoms with Crippen LogP contribution in [-0.2, 0) is 19.6 Å². The third-order valence-corrected chi connectivity index (χ3v) is 6.97. The van der Waals surface area contributed by atoms with Crippen molar-refractivity contribution in [3.05, 3.63) is 65.1 Å². The zero-order chi connectivity index (χ0) is 22.4. The molecule has 0 saturated carbocycles. The van der Waals surface area contributed by atoms with Crippen LogP contribution >= 0.6 is 11.8 Å². The lowest BCUT2D eigenvalue weighted by Gasteiger charge is -2.15. The number of carbonyl (C=O) groups excluding carboxylic acids is 1. The van der Waals surface area contributed by atoms with Gasteiger partial charge in [-0.25, -0.2) is 0 Å². The number of thioether (sulfide) groups is 1. The van der Waals surface area contributed by atoms with Crippen molar-refractivity contribution in [1.82, 2.24) is 4.90 Å². The van der Waals surface area contributed by atoms with Crippen LogP contribution < -0.4 is 4.90 Å². The zero-order valence-corrected chi connectivity index (χ0v) is 19.3. The van der Waals surface area contributed by atoms with E-state index in [1.165, 1.54) is 17.0 Å². The Bertz CT molecular complexity index is 1080. The molecule has 0 bridgehead atoms. The average Bonchev–Trinajstić information content (AvgIpc) is 3.03. The van der Waals surface area contributed by atoms with Crippen molar-refractivity contribution >= 4 is 44.6 Å². The Morgan fingerprint density at radius 3 is 2.39 bits per heavy atom. The van der Waals surface area contributed by atoms with Gasteiger partial charge in [0.05, 0.1) is 9.80 Å². The fourth-order valence-electron chi connectivity index (χ4n) is 2.91. The Labute approximate surface area is 187 Å². The number of nitrogens with zero attached hydrogens (tertiary/aromatic N) is 3. The summed E-state index contributed by atoms with van der Waals surface area (Å²) in [6.45, 7) is 0.776. The van der Waals surface area contributed by atoms with Crippen molar-refractivity contribution in [1.29, 1.82) is 0 Å². The van der Waals surface area contributed by atoms with Gasteiger partial charge in [-0.3, -0.25) is 9.69 Å². The van der Waals surface area contributed by atoms with E-state index in [9.17, 15) is 13.2 Å². The Morgan fingerprint density at radius 2 is 1.77 bits per heavy atom. The summed E-state index contributed by atoms with van der Waals surface area (Å²) in [6, 6.07) is 15.7. The van der Waals surface area contributed by atoms with Crippen LogP contribution in [0.5, 0.6) is 0 Å². The molecule has 2 aromatic rings. The maximum atomic E-state index is 13.0. The molecule has 164 valence electrons. The van der Waals surface area contributed by atoms with E-state index < -0.39 is 10.0 Å². The zero-order valence-electron chi connectivity index (χ0n) is 17.7. The van der Waals surface area contributed by atoms with Crippen LogP contribution in [0, 0.1) is 0 Å². The first kappa shape index (κ1) is 23.1. The topological polar surface area (TPSA) is 79.3 Å². The summed E-state index contributed by atoms with van der Waals surface area (Å²) in [7, 11) is 1.56. The molecule has 1 aliphatic heterocycles. The van der Waals surface area contributed by atoms with Crippen LogP contribution in [0.25, 0.3) is 6.08 Å². The number of amides is 1. The van der Waals surface area contributed by atoms with E-state index in [1.807, 2.05) is 43.3 Å². The van der Waals surface area contributed by atoms with Gasteiger partial charge in [-0.05, 0) is 54.1 Å². The molecular formula is C22H25N3O4S2. The van der Waals surface area contributed by atoms with Gasteiger partial charge in [0.15, 0.2) is 5.17 Å². The molecular weight excluding hydrogens is 434 g/mol. The second kappa shape index (κ2) is 10.1. The molecule has 1 amide bonds. The normalized spacial score (nSPS) is 17.0. The Hall–Kier alpha value is -2.62. The van der Waals surface area contributed by atoms with Crippen molar-refractivity contribution < 1.29 is 17.9 Å². The summed E-state index contributed by atoms with van der Waals surface area (Å²) < 4.78 is 34.6. The van der Waals surface area contributed by atoms with E-state index in [-0.39, 0.29) is 16.0 Å². The second-order valence-electron chi connectivity index (χ2n) is 7.06. The summed E-state index contributed by atoms with van der Waals surface area (Å²) in [5.74, 6) is -0.264. The highest BCUT2D eigenvalue weighted by Gasteiger charge is 2.34. The fourth-order valence-corrected chi connectivity index (χ4v) is 5.14. The average molecular weight is 460 g/mol. The van der Waals surface area contributed by atoms with Gasteiger partial charge in [0, 0.05) is 40.0 Å². The van der Waals surface area contributed by atoms with Crippen LogP contribution in [0.15, 0.2) is 68.8 Å². The highest BCUT2D eigenvalue weighted by molar-refractivity contribution is 8.19. The number of benzene rings is 2. The van der Waals surface area contributed by atoms with Gasteiger partial charge in [0.2, 0.25) is 0 Å². The molecule has 1 heterocycles. The standard InChI is InChI=1S/C22H25N3O4S2/c1-24(2)18-12-10-17(11-13-18)16-20-21(26)25(14-7-15-29-3)22(30-20)23-31(27,28)19-8-5-4-6-9-19/h4-6,8-13,16H,7,14-15H2,1-3H3/b20-16-,23-22?. The minimum atomic E-state index is -3.93. The van der Waals surface area contributed by atoms with E-state index in [1.54, 1.807) is 31.4 Å². The third-order valence-electron chi connectivity index (χ3n) is 4.56. The van der Waals surface area contributed by atoms with Crippen molar-refractivity contribution in [2.24, 2.45) is 4.40 Å². The molecule has 1 saturated heterocycles. The molecule has 3 rings (SSSR count). The number of hydrogen-bond donors (Lipinski definition) is 0. The number of ether oxygens (including phenoxy) is 1. The molecule has 0 spiro atoms. The second-order valence-corrected chi connectivity index (χ2v) is 9.67.